The highest BCUT2D eigenvalue weighted by Gasteiger charge is 2.43. The van der Waals surface area contributed by atoms with Crippen molar-refractivity contribution in [3.05, 3.63) is 35.5 Å². The molecular weight excluding hydrogens is 312 g/mol. The molecular formula is C19H24N6. The van der Waals surface area contributed by atoms with Gasteiger partial charge in [0.05, 0.1) is 11.2 Å². The molecule has 1 aliphatic heterocycles. The molecule has 0 radical (unpaired) electrons. The number of hydrogen-bond donors (Lipinski definition) is 2. The summed E-state index contributed by atoms with van der Waals surface area (Å²) >= 11 is 0. The van der Waals surface area contributed by atoms with E-state index in [1.54, 1.807) is 0 Å². The quantitative estimate of drug-likeness (QED) is 0.837. The Balaban J connectivity index is 1.97. The van der Waals surface area contributed by atoms with E-state index in [4.69, 9.17) is 16.5 Å². The molecule has 2 aromatic rings. The Hall–Kier alpha value is -2.63. The molecule has 0 saturated heterocycles. The molecule has 0 amide bonds. The Morgan fingerprint density at radius 1 is 1.00 bits per heavy atom. The SMILES string of the molecule is Cc1ccc2c(N3C(N)=NC(N)=NC34CCCCC4)c(C)ccc2n1. The van der Waals surface area contributed by atoms with Crippen molar-refractivity contribution >= 4 is 28.5 Å². The second-order valence-corrected chi connectivity index (χ2v) is 7.07. The molecule has 2 heterocycles. The first-order chi connectivity index (χ1) is 12.0. The van der Waals surface area contributed by atoms with E-state index in [0.717, 1.165) is 53.5 Å². The average Bonchev–Trinajstić information content (AvgIpc) is 2.57. The summed E-state index contributed by atoms with van der Waals surface area (Å²) in [4.78, 5) is 15.8. The molecule has 1 saturated carbocycles. The Bertz CT molecular complexity index is 892. The minimum Gasteiger partial charge on any atom is -0.369 e. The number of anilines is 1. The van der Waals surface area contributed by atoms with Crippen LogP contribution >= 0.6 is 0 Å². The molecule has 1 fully saturated rings. The predicted molar refractivity (Wildman–Crippen MR) is 103 cm³/mol. The molecule has 1 aromatic heterocycles. The summed E-state index contributed by atoms with van der Waals surface area (Å²) in [6, 6.07) is 8.30. The molecule has 25 heavy (non-hydrogen) atoms. The maximum Gasteiger partial charge on any atom is 0.220 e. The van der Waals surface area contributed by atoms with Crippen LogP contribution < -0.4 is 16.4 Å². The van der Waals surface area contributed by atoms with Crippen molar-refractivity contribution in [1.82, 2.24) is 4.98 Å². The summed E-state index contributed by atoms with van der Waals surface area (Å²) in [7, 11) is 0. The number of pyridine rings is 1. The van der Waals surface area contributed by atoms with Crippen LogP contribution in [0.2, 0.25) is 0 Å². The van der Waals surface area contributed by atoms with E-state index < -0.39 is 5.66 Å². The van der Waals surface area contributed by atoms with Gasteiger partial charge in [0.25, 0.3) is 0 Å². The van der Waals surface area contributed by atoms with Crippen LogP contribution in [0.1, 0.15) is 43.4 Å². The number of guanidine groups is 2. The van der Waals surface area contributed by atoms with Crippen LogP contribution in [0, 0.1) is 13.8 Å². The molecule has 1 spiro atoms. The lowest BCUT2D eigenvalue weighted by Gasteiger charge is -2.46. The highest BCUT2D eigenvalue weighted by Crippen LogP contribution is 2.42. The standard InChI is InChI=1S/C19H24N6/c1-12-6-9-15-14(8-7-13(2)22-15)16(12)25-18(21)23-17(20)24-19(25)10-4-3-5-11-19/h6-9H,3-5,10-11H2,1-2H3,(H4,20,21,23,24). The van der Waals surface area contributed by atoms with Crippen molar-refractivity contribution in [3.8, 4) is 0 Å². The van der Waals surface area contributed by atoms with E-state index in [1.807, 2.05) is 13.0 Å². The maximum atomic E-state index is 6.39. The fraction of sp³-hybridized carbons (Fsp3) is 0.421. The molecule has 4 rings (SSSR count). The monoisotopic (exact) mass is 336 g/mol. The summed E-state index contributed by atoms with van der Waals surface area (Å²) in [6.07, 6.45) is 5.30. The number of aliphatic imine (C=N–C) groups is 2. The van der Waals surface area contributed by atoms with Gasteiger partial charge >= 0.3 is 0 Å². The number of aromatic nitrogens is 1. The zero-order valence-corrected chi connectivity index (χ0v) is 14.8. The van der Waals surface area contributed by atoms with E-state index in [0.29, 0.717) is 5.96 Å². The highest BCUT2D eigenvalue weighted by molar-refractivity contribution is 6.10. The van der Waals surface area contributed by atoms with Gasteiger partial charge in [-0.05, 0) is 63.3 Å². The normalized spacial score (nSPS) is 19.8. The molecule has 130 valence electrons. The van der Waals surface area contributed by atoms with E-state index in [2.05, 4.69) is 40.0 Å². The van der Waals surface area contributed by atoms with E-state index in [-0.39, 0.29) is 5.96 Å². The molecule has 0 bridgehead atoms. The van der Waals surface area contributed by atoms with Gasteiger partial charge in [-0.3, -0.25) is 9.88 Å². The van der Waals surface area contributed by atoms with Gasteiger partial charge in [0, 0.05) is 11.1 Å². The third kappa shape index (κ3) is 2.52. The Morgan fingerprint density at radius 2 is 1.76 bits per heavy atom. The van der Waals surface area contributed by atoms with Crippen LogP contribution in [-0.4, -0.2) is 22.6 Å². The Labute approximate surface area is 147 Å². The fourth-order valence-electron chi connectivity index (χ4n) is 4.14. The number of aryl methyl sites for hydroxylation is 2. The summed E-state index contributed by atoms with van der Waals surface area (Å²) in [6.45, 7) is 4.10. The largest absolute Gasteiger partial charge is 0.369 e. The lowest BCUT2D eigenvalue weighted by molar-refractivity contribution is 0.306. The molecule has 6 heteroatoms. The van der Waals surface area contributed by atoms with Crippen LogP contribution in [0.4, 0.5) is 5.69 Å². The number of rotatable bonds is 1. The molecule has 4 N–H and O–H groups in total. The van der Waals surface area contributed by atoms with Crippen LogP contribution in [0.3, 0.4) is 0 Å². The van der Waals surface area contributed by atoms with Crippen LogP contribution in [0.15, 0.2) is 34.3 Å². The number of fused-ring (bicyclic) bond motifs is 1. The van der Waals surface area contributed by atoms with Crippen LogP contribution in [0.25, 0.3) is 10.9 Å². The van der Waals surface area contributed by atoms with Gasteiger partial charge in [0.1, 0.15) is 5.66 Å². The average molecular weight is 336 g/mol. The van der Waals surface area contributed by atoms with Crippen molar-refractivity contribution < 1.29 is 0 Å². The van der Waals surface area contributed by atoms with Crippen molar-refractivity contribution in [2.24, 2.45) is 21.5 Å². The lowest BCUT2D eigenvalue weighted by Crippen LogP contribution is -2.58. The smallest absolute Gasteiger partial charge is 0.220 e. The number of hydrogen-bond acceptors (Lipinski definition) is 6. The van der Waals surface area contributed by atoms with Gasteiger partial charge in [-0.25, -0.2) is 4.99 Å². The van der Waals surface area contributed by atoms with Gasteiger partial charge < -0.3 is 11.5 Å². The van der Waals surface area contributed by atoms with E-state index in [1.165, 1.54) is 6.42 Å². The second-order valence-electron chi connectivity index (χ2n) is 7.07. The first-order valence-electron chi connectivity index (χ1n) is 8.87. The van der Waals surface area contributed by atoms with Gasteiger partial charge in [-0.2, -0.15) is 4.99 Å². The predicted octanol–water partition coefficient (Wildman–Crippen LogP) is 2.96. The first kappa shape index (κ1) is 15.9. The number of nitrogens with zero attached hydrogens (tertiary/aromatic N) is 4. The lowest BCUT2D eigenvalue weighted by atomic mass is 9.86. The molecule has 0 unspecified atom stereocenters. The molecule has 1 aliphatic carbocycles. The summed E-state index contributed by atoms with van der Waals surface area (Å²) in [5.74, 6) is 0.702. The van der Waals surface area contributed by atoms with Crippen molar-refractivity contribution in [3.63, 3.8) is 0 Å². The fourth-order valence-corrected chi connectivity index (χ4v) is 4.14. The van der Waals surface area contributed by atoms with E-state index in [9.17, 15) is 0 Å². The zero-order chi connectivity index (χ0) is 17.6. The summed E-state index contributed by atoms with van der Waals surface area (Å²) in [5, 5.41) is 1.07. The molecule has 1 aromatic carbocycles. The molecule has 2 aliphatic rings. The number of nitrogens with two attached hydrogens (primary N) is 2. The first-order valence-corrected chi connectivity index (χ1v) is 8.87. The van der Waals surface area contributed by atoms with Gasteiger partial charge in [0.15, 0.2) is 0 Å². The van der Waals surface area contributed by atoms with Crippen molar-refractivity contribution in [2.45, 2.75) is 51.6 Å². The molecule has 6 nitrogen and oxygen atoms in total. The van der Waals surface area contributed by atoms with Crippen molar-refractivity contribution in [1.29, 1.82) is 0 Å². The third-order valence-corrected chi connectivity index (χ3v) is 5.26. The Morgan fingerprint density at radius 3 is 2.52 bits per heavy atom. The maximum absolute atomic E-state index is 6.39. The van der Waals surface area contributed by atoms with Crippen LogP contribution in [-0.2, 0) is 0 Å². The van der Waals surface area contributed by atoms with Gasteiger partial charge in [0.2, 0.25) is 11.9 Å². The van der Waals surface area contributed by atoms with Crippen LogP contribution in [0.5, 0.6) is 0 Å². The Kier molecular flexibility index (Phi) is 3.63. The second kappa shape index (κ2) is 5.72. The zero-order valence-electron chi connectivity index (χ0n) is 14.8. The highest BCUT2D eigenvalue weighted by atomic mass is 15.4. The minimum atomic E-state index is -0.432. The minimum absolute atomic E-state index is 0.280. The van der Waals surface area contributed by atoms with Gasteiger partial charge in [-0.15, -0.1) is 0 Å². The van der Waals surface area contributed by atoms with Crippen molar-refractivity contribution in [2.75, 3.05) is 4.90 Å². The summed E-state index contributed by atoms with van der Waals surface area (Å²) in [5.41, 5.74) is 16.1. The third-order valence-electron chi connectivity index (χ3n) is 5.26. The van der Waals surface area contributed by atoms with Gasteiger partial charge in [-0.1, -0.05) is 12.5 Å². The molecule has 0 atom stereocenters. The van der Waals surface area contributed by atoms with E-state index >= 15 is 0 Å². The number of benzene rings is 1. The summed E-state index contributed by atoms with van der Waals surface area (Å²) < 4.78 is 0. The topological polar surface area (TPSA) is 92.9 Å².